The Kier molecular flexibility index (Phi) is 4.49. The minimum Gasteiger partial charge on any atom is -0.476 e. The van der Waals surface area contributed by atoms with Crippen LogP contribution in [0.15, 0.2) is 29.1 Å². The van der Waals surface area contributed by atoms with Crippen LogP contribution in [0.5, 0.6) is 5.88 Å². The molecule has 1 saturated heterocycles. The average molecular weight is 352 g/mol. The second-order valence-corrected chi connectivity index (χ2v) is 6.55. The van der Waals surface area contributed by atoms with Gasteiger partial charge in [0.2, 0.25) is 0 Å². The monoisotopic (exact) mass is 352 g/mol. The van der Waals surface area contributed by atoms with E-state index in [9.17, 15) is 4.79 Å². The molecule has 26 heavy (non-hydrogen) atoms. The average Bonchev–Trinajstić information content (AvgIpc) is 2.69. The third kappa shape index (κ3) is 3.00. The molecular weight excluding hydrogens is 332 g/mol. The van der Waals surface area contributed by atoms with Crippen molar-refractivity contribution in [2.75, 3.05) is 26.4 Å². The van der Waals surface area contributed by atoms with Crippen LogP contribution < -0.4 is 10.2 Å². The van der Waals surface area contributed by atoms with Crippen LogP contribution in [0.4, 0.5) is 5.69 Å². The summed E-state index contributed by atoms with van der Waals surface area (Å²) in [5.74, 6) is 0.560. The number of ether oxygens (including phenoxy) is 3. The molecule has 1 atom stereocenters. The number of benzene rings is 1. The fourth-order valence-electron chi connectivity index (χ4n) is 3.55. The standard InChI is InChI=1S/C20H20N2O4/c1-13-18(23)10-19(26-12-16-11-24-7-8-25-16)22-6-5-14-9-15(21-2)3-4-17(14)20(13)22/h3-4,9-10,16H,5-8,11-12H2,1H3/t16-/m0/s1. The molecule has 3 heterocycles. The molecule has 0 radical (unpaired) electrons. The third-order valence-corrected chi connectivity index (χ3v) is 4.90. The van der Waals surface area contributed by atoms with Crippen LogP contribution in [-0.4, -0.2) is 37.1 Å². The van der Waals surface area contributed by atoms with E-state index in [0.29, 0.717) is 50.1 Å². The zero-order chi connectivity index (χ0) is 18.1. The van der Waals surface area contributed by atoms with Crippen LogP contribution >= 0.6 is 0 Å². The van der Waals surface area contributed by atoms with Gasteiger partial charge in [0.25, 0.3) is 0 Å². The highest BCUT2D eigenvalue weighted by Crippen LogP contribution is 2.35. The zero-order valence-electron chi connectivity index (χ0n) is 14.7. The van der Waals surface area contributed by atoms with Gasteiger partial charge in [0, 0.05) is 18.2 Å². The number of pyridine rings is 1. The van der Waals surface area contributed by atoms with Crippen LogP contribution in [-0.2, 0) is 22.4 Å². The maximum absolute atomic E-state index is 12.5. The van der Waals surface area contributed by atoms with E-state index in [-0.39, 0.29) is 11.5 Å². The van der Waals surface area contributed by atoms with Crippen molar-refractivity contribution in [3.8, 4) is 17.1 Å². The normalized spacial score (nSPS) is 18.5. The van der Waals surface area contributed by atoms with Crippen molar-refractivity contribution >= 4 is 5.69 Å². The van der Waals surface area contributed by atoms with Gasteiger partial charge in [0.05, 0.1) is 32.1 Å². The van der Waals surface area contributed by atoms with E-state index in [4.69, 9.17) is 20.8 Å². The topological polar surface area (TPSA) is 54.1 Å². The summed E-state index contributed by atoms with van der Waals surface area (Å²) in [5.41, 5.74) is 4.26. The summed E-state index contributed by atoms with van der Waals surface area (Å²) >= 11 is 0. The number of aryl methyl sites for hydroxylation is 1. The highest BCUT2D eigenvalue weighted by atomic mass is 16.6. The molecule has 0 bridgehead atoms. The van der Waals surface area contributed by atoms with Crippen molar-refractivity contribution in [2.24, 2.45) is 0 Å². The highest BCUT2D eigenvalue weighted by Gasteiger charge is 2.23. The van der Waals surface area contributed by atoms with Crippen LogP contribution in [0.3, 0.4) is 0 Å². The Morgan fingerprint density at radius 3 is 3.00 bits per heavy atom. The molecule has 0 unspecified atom stereocenters. The van der Waals surface area contributed by atoms with Crippen LogP contribution in [0.1, 0.15) is 11.1 Å². The van der Waals surface area contributed by atoms with E-state index in [2.05, 4.69) is 9.41 Å². The van der Waals surface area contributed by atoms with E-state index in [1.807, 2.05) is 19.1 Å². The Morgan fingerprint density at radius 2 is 2.23 bits per heavy atom. The first-order chi connectivity index (χ1) is 12.7. The second-order valence-electron chi connectivity index (χ2n) is 6.55. The number of rotatable bonds is 3. The fraction of sp³-hybridized carbons (Fsp3) is 0.400. The molecule has 0 amide bonds. The molecule has 4 rings (SSSR count). The predicted octanol–water partition coefficient (Wildman–Crippen LogP) is 2.72. The van der Waals surface area contributed by atoms with Crippen molar-refractivity contribution in [3.63, 3.8) is 0 Å². The first-order valence-corrected chi connectivity index (χ1v) is 8.74. The predicted molar refractivity (Wildman–Crippen MR) is 96.9 cm³/mol. The highest BCUT2D eigenvalue weighted by molar-refractivity contribution is 5.72. The first kappa shape index (κ1) is 16.8. The Morgan fingerprint density at radius 1 is 1.35 bits per heavy atom. The van der Waals surface area contributed by atoms with Gasteiger partial charge in [-0.2, -0.15) is 0 Å². The molecule has 6 nitrogen and oxygen atoms in total. The van der Waals surface area contributed by atoms with Gasteiger partial charge < -0.3 is 18.8 Å². The van der Waals surface area contributed by atoms with Gasteiger partial charge in [-0.15, -0.1) is 0 Å². The molecular formula is C20H20N2O4. The van der Waals surface area contributed by atoms with E-state index >= 15 is 0 Å². The Balaban J connectivity index is 1.71. The van der Waals surface area contributed by atoms with Gasteiger partial charge in [-0.25, -0.2) is 4.85 Å². The second kappa shape index (κ2) is 6.94. The van der Waals surface area contributed by atoms with Gasteiger partial charge >= 0.3 is 0 Å². The third-order valence-electron chi connectivity index (χ3n) is 4.90. The summed E-state index contributed by atoms with van der Waals surface area (Å²) in [6, 6.07) is 7.20. The Labute approximate surface area is 151 Å². The number of fused-ring (bicyclic) bond motifs is 3. The maximum Gasteiger partial charge on any atom is 0.197 e. The van der Waals surface area contributed by atoms with Gasteiger partial charge in [-0.3, -0.25) is 4.79 Å². The number of hydrogen-bond donors (Lipinski definition) is 0. The van der Waals surface area contributed by atoms with Crippen LogP contribution in [0.2, 0.25) is 0 Å². The molecule has 1 aromatic heterocycles. The van der Waals surface area contributed by atoms with Gasteiger partial charge in [0.1, 0.15) is 12.7 Å². The quantitative estimate of drug-likeness (QED) is 0.797. The summed E-state index contributed by atoms with van der Waals surface area (Å²) in [6.07, 6.45) is 0.682. The lowest BCUT2D eigenvalue weighted by atomic mass is 9.94. The smallest absolute Gasteiger partial charge is 0.197 e. The minimum absolute atomic E-state index is 0.0471. The summed E-state index contributed by atoms with van der Waals surface area (Å²) in [6.45, 7) is 11.8. The summed E-state index contributed by atoms with van der Waals surface area (Å²) in [7, 11) is 0. The molecule has 6 heteroatoms. The number of aromatic nitrogens is 1. The van der Waals surface area contributed by atoms with Crippen LogP contribution in [0.25, 0.3) is 16.1 Å². The summed E-state index contributed by atoms with van der Waals surface area (Å²) in [4.78, 5) is 16.0. The molecule has 0 spiro atoms. The molecule has 2 aliphatic heterocycles. The van der Waals surface area contributed by atoms with E-state index in [1.54, 1.807) is 12.1 Å². The van der Waals surface area contributed by atoms with Gasteiger partial charge in [-0.05, 0) is 24.5 Å². The summed E-state index contributed by atoms with van der Waals surface area (Å²) in [5, 5.41) is 0. The molecule has 2 aliphatic rings. The maximum atomic E-state index is 12.5. The molecule has 2 aromatic rings. The molecule has 134 valence electrons. The lowest BCUT2D eigenvalue weighted by molar-refractivity contribution is -0.102. The van der Waals surface area contributed by atoms with Crippen LogP contribution in [0, 0.1) is 13.5 Å². The van der Waals surface area contributed by atoms with Gasteiger partial charge in [0.15, 0.2) is 17.0 Å². The lowest BCUT2D eigenvalue weighted by Gasteiger charge is -2.28. The SMILES string of the molecule is [C-]#[N+]c1ccc2c(c1)CCn1c(OC[C@@H]3COCCO3)cc(=O)c(C)c1-2. The molecule has 0 N–H and O–H groups in total. The molecule has 1 fully saturated rings. The van der Waals surface area contributed by atoms with Crippen molar-refractivity contribution < 1.29 is 14.2 Å². The molecule has 0 aliphatic carbocycles. The van der Waals surface area contributed by atoms with Crippen molar-refractivity contribution in [3.05, 3.63) is 57.0 Å². The van der Waals surface area contributed by atoms with E-state index in [0.717, 1.165) is 23.2 Å². The molecule has 0 saturated carbocycles. The minimum atomic E-state index is -0.117. The lowest BCUT2D eigenvalue weighted by Crippen LogP contribution is -2.34. The summed E-state index contributed by atoms with van der Waals surface area (Å²) < 4.78 is 19.0. The fourth-order valence-corrected chi connectivity index (χ4v) is 3.55. The van der Waals surface area contributed by atoms with E-state index < -0.39 is 0 Å². The Hall–Kier alpha value is -2.62. The largest absolute Gasteiger partial charge is 0.476 e. The number of nitrogens with zero attached hydrogens (tertiary/aromatic N) is 2. The van der Waals surface area contributed by atoms with Gasteiger partial charge in [-0.1, -0.05) is 18.2 Å². The first-order valence-electron chi connectivity index (χ1n) is 8.74. The van der Waals surface area contributed by atoms with Crippen molar-refractivity contribution in [1.82, 2.24) is 4.57 Å². The number of hydrogen-bond acceptors (Lipinski definition) is 4. The molecule has 1 aromatic carbocycles. The van der Waals surface area contributed by atoms with Crippen molar-refractivity contribution in [2.45, 2.75) is 26.0 Å². The Bertz CT molecular complexity index is 936. The zero-order valence-corrected chi connectivity index (χ0v) is 14.7. The van der Waals surface area contributed by atoms with E-state index in [1.165, 1.54) is 0 Å². The van der Waals surface area contributed by atoms with Crippen molar-refractivity contribution in [1.29, 1.82) is 0 Å².